The van der Waals surface area contributed by atoms with E-state index in [9.17, 15) is 0 Å². The highest BCUT2D eigenvalue weighted by Crippen LogP contribution is 2.55. The molecule has 0 aliphatic heterocycles. The van der Waals surface area contributed by atoms with Crippen LogP contribution in [0.1, 0.15) is 37.5 Å². The predicted octanol–water partition coefficient (Wildman–Crippen LogP) is 8.92. The van der Waals surface area contributed by atoms with Crippen molar-refractivity contribution < 1.29 is 0 Å². The normalized spacial score (nSPS) is 14.9. The molecule has 0 saturated heterocycles. The Morgan fingerprint density at radius 2 is 1.21 bits per heavy atom. The summed E-state index contributed by atoms with van der Waals surface area (Å²) in [6.07, 6.45) is 4.06. The van der Waals surface area contributed by atoms with Crippen molar-refractivity contribution in [3.8, 4) is 5.82 Å². The molecule has 0 atom stereocenters. The van der Waals surface area contributed by atoms with Crippen molar-refractivity contribution in [3.05, 3.63) is 95.6 Å². The molecule has 0 fully saturated rings. The Morgan fingerprint density at radius 3 is 1.82 bits per heavy atom. The molecule has 6 aromatic carbocycles. The fraction of sp³-hybridized carbons (Fsp3) is 0.114. The van der Waals surface area contributed by atoms with E-state index >= 15 is 0 Å². The highest BCUT2D eigenvalue weighted by Gasteiger charge is 2.37. The fourth-order valence-electron chi connectivity index (χ4n) is 7.44. The molecular weight excluding hydrogens is 462 g/mol. The molecule has 0 bridgehead atoms. The van der Waals surface area contributed by atoms with Crippen molar-refractivity contribution in [1.29, 1.82) is 0 Å². The zero-order valence-electron chi connectivity index (χ0n) is 21.6. The molecule has 2 aromatic heterocycles. The Labute approximate surface area is 219 Å². The first-order valence-corrected chi connectivity index (χ1v) is 13.3. The van der Waals surface area contributed by atoms with Gasteiger partial charge in [0.25, 0.3) is 0 Å². The van der Waals surface area contributed by atoms with E-state index in [4.69, 9.17) is 10.7 Å². The maximum Gasteiger partial charge on any atom is 0.138 e. The molecule has 2 heterocycles. The molecule has 9 rings (SSSR count). The fourth-order valence-corrected chi connectivity index (χ4v) is 7.44. The number of nitrogens with two attached hydrogens (primary N) is 1. The average Bonchev–Trinajstić information content (AvgIpc) is 3.40. The van der Waals surface area contributed by atoms with Crippen LogP contribution in [0.4, 0.5) is 5.69 Å². The van der Waals surface area contributed by atoms with Crippen LogP contribution in [0.15, 0.2) is 78.9 Å². The lowest BCUT2D eigenvalue weighted by Crippen LogP contribution is -2.15. The van der Waals surface area contributed by atoms with Gasteiger partial charge in [0.15, 0.2) is 0 Å². The number of aromatic nitrogens is 2. The summed E-state index contributed by atoms with van der Waals surface area (Å²) >= 11 is 0. The van der Waals surface area contributed by atoms with Crippen molar-refractivity contribution >= 4 is 76.8 Å². The van der Waals surface area contributed by atoms with E-state index in [1.165, 1.54) is 65.3 Å². The standard InChI is InChI=1S/C35H25N3/c1-4-5-20-6-7-21-12-17-26(37-34(21)33(20)36)38-24-15-10-18-8-13-22-29-27(18)31(24)32-25(38)16-11-19-9-14-23(35(22,2)3)30(29)28(19)32/h4-17H,36H2,1-3H3/b5-4-. The van der Waals surface area contributed by atoms with E-state index < -0.39 is 0 Å². The maximum atomic E-state index is 6.63. The Balaban J connectivity index is 1.50. The lowest BCUT2D eigenvalue weighted by molar-refractivity contribution is 0.663. The van der Waals surface area contributed by atoms with Gasteiger partial charge >= 0.3 is 0 Å². The Morgan fingerprint density at radius 1 is 0.658 bits per heavy atom. The van der Waals surface area contributed by atoms with Crippen molar-refractivity contribution in [2.75, 3.05) is 5.73 Å². The van der Waals surface area contributed by atoms with Crippen LogP contribution in [0, 0.1) is 0 Å². The topological polar surface area (TPSA) is 43.8 Å². The van der Waals surface area contributed by atoms with Gasteiger partial charge in [0.1, 0.15) is 5.82 Å². The van der Waals surface area contributed by atoms with Gasteiger partial charge in [0, 0.05) is 21.6 Å². The lowest BCUT2D eigenvalue weighted by Gasteiger charge is -2.22. The molecule has 0 saturated carbocycles. The van der Waals surface area contributed by atoms with Gasteiger partial charge in [-0.05, 0) is 80.2 Å². The Hall–Kier alpha value is -4.63. The molecule has 8 aromatic rings. The van der Waals surface area contributed by atoms with E-state index in [-0.39, 0.29) is 5.41 Å². The summed E-state index contributed by atoms with van der Waals surface area (Å²) in [5.41, 5.74) is 14.5. The van der Waals surface area contributed by atoms with Crippen molar-refractivity contribution in [3.63, 3.8) is 0 Å². The number of anilines is 1. The van der Waals surface area contributed by atoms with Gasteiger partial charge < -0.3 is 5.73 Å². The first kappa shape index (κ1) is 20.4. The van der Waals surface area contributed by atoms with Crippen LogP contribution in [0.25, 0.3) is 76.9 Å². The molecular formula is C35H25N3. The molecule has 0 spiro atoms. The van der Waals surface area contributed by atoms with Crippen LogP contribution < -0.4 is 5.73 Å². The predicted molar refractivity (Wildman–Crippen MR) is 162 cm³/mol. The van der Waals surface area contributed by atoms with Crippen LogP contribution >= 0.6 is 0 Å². The molecule has 1 aliphatic rings. The third-order valence-corrected chi connectivity index (χ3v) is 9.15. The second-order valence-corrected chi connectivity index (χ2v) is 11.4. The van der Waals surface area contributed by atoms with Crippen LogP contribution in [-0.2, 0) is 5.41 Å². The van der Waals surface area contributed by atoms with E-state index in [0.29, 0.717) is 0 Å². The average molecular weight is 488 g/mol. The smallest absolute Gasteiger partial charge is 0.138 e. The summed E-state index contributed by atoms with van der Waals surface area (Å²) in [7, 11) is 0. The van der Waals surface area contributed by atoms with E-state index in [1.807, 2.05) is 19.1 Å². The number of fused-ring (bicyclic) bond motifs is 1. The number of allylic oxidation sites excluding steroid dienone is 1. The number of hydrogen-bond donors (Lipinski definition) is 1. The summed E-state index contributed by atoms with van der Waals surface area (Å²) in [6, 6.07) is 26.9. The van der Waals surface area contributed by atoms with Crippen LogP contribution in [-0.4, -0.2) is 9.55 Å². The van der Waals surface area contributed by atoms with Gasteiger partial charge in [0.2, 0.25) is 0 Å². The molecule has 3 nitrogen and oxygen atoms in total. The van der Waals surface area contributed by atoms with E-state index in [2.05, 4.69) is 91.2 Å². The summed E-state index contributed by atoms with van der Waals surface area (Å²) < 4.78 is 2.34. The van der Waals surface area contributed by atoms with Crippen molar-refractivity contribution in [1.82, 2.24) is 9.55 Å². The molecule has 180 valence electrons. The van der Waals surface area contributed by atoms with Gasteiger partial charge in [-0.1, -0.05) is 74.5 Å². The number of nitrogens with zero attached hydrogens (tertiary/aromatic N) is 2. The largest absolute Gasteiger partial charge is 0.396 e. The minimum atomic E-state index is -0.0150. The number of pyridine rings is 1. The number of rotatable bonds is 2. The second kappa shape index (κ2) is 6.43. The molecule has 38 heavy (non-hydrogen) atoms. The van der Waals surface area contributed by atoms with Gasteiger partial charge in [-0.2, -0.15) is 0 Å². The number of benzene rings is 6. The van der Waals surface area contributed by atoms with Crippen LogP contribution in [0.3, 0.4) is 0 Å². The third-order valence-electron chi connectivity index (χ3n) is 9.15. The SMILES string of the molecule is C/C=C\c1ccc2ccc(-n3c4ccc5ccc6c7c8c(ccc9ccc3c(c98)c4c57)C6(C)C)nc2c1N. The summed E-state index contributed by atoms with van der Waals surface area (Å²) in [6.45, 7) is 6.76. The summed E-state index contributed by atoms with van der Waals surface area (Å²) in [5, 5.41) is 12.0. The van der Waals surface area contributed by atoms with Crippen molar-refractivity contribution in [2.24, 2.45) is 0 Å². The van der Waals surface area contributed by atoms with Gasteiger partial charge in [-0.15, -0.1) is 0 Å². The van der Waals surface area contributed by atoms with Gasteiger partial charge in [-0.25, -0.2) is 4.98 Å². The Kier molecular flexibility index (Phi) is 3.46. The van der Waals surface area contributed by atoms with Crippen LogP contribution in [0.5, 0.6) is 0 Å². The van der Waals surface area contributed by atoms with E-state index in [1.54, 1.807) is 0 Å². The van der Waals surface area contributed by atoms with Gasteiger partial charge in [0.05, 0.1) is 22.2 Å². The zero-order chi connectivity index (χ0) is 25.5. The maximum absolute atomic E-state index is 6.63. The lowest BCUT2D eigenvalue weighted by atomic mass is 9.81. The third kappa shape index (κ3) is 2.14. The van der Waals surface area contributed by atoms with Gasteiger partial charge in [-0.3, -0.25) is 4.57 Å². The van der Waals surface area contributed by atoms with Crippen LogP contribution in [0.2, 0.25) is 0 Å². The molecule has 0 unspecified atom stereocenters. The molecule has 2 N–H and O–H groups in total. The van der Waals surface area contributed by atoms with E-state index in [0.717, 1.165) is 28.0 Å². The summed E-state index contributed by atoms with van der Waals surface area (Å²) in [5.74, 6) is 0.898. The number of hydrogen-bond acceptors (Lipinski definition) is 2. The second-order valence-electron chi connectivity index (χ2n) is 11.4. The quantitative estimate of drug-likeness (QED) is 0.150. The minimum absolute atomic E-state index is 0.0150. The minimum Gasteiger partial charge on any atom is -0.396 e. The number of nitrogen functional groups attached to an aromatic ring is 1. The van der Waals surface area contributed by atoms with Crippen molar-refractivity contribution in [2.45, 2.75) is 26.2 Å². The highest BCUT2D eigenvalue weighted by molar-refractivity contribution is 6.42. The molecule has 3 heteroatoms. The molecule has 0 amide bonds. The highest BCUT2D eigenvalue weighted by atomic mass is 15.1. The first-order valence-electron chi connectivity index (χ1n) is 13.3. The molecule has 1 aliphatic carbocycles. The summed E-state index contributed by atoms with van der Waals surface area (Å²) in [4.78, 5) is 5.19. The Bertz CT molecular complexity index is 2220. The zero-order valence-corrected chi connectivity index (χ0v) is 21.6. The first-order chi connectivity index (χ1) is 18.5. The molecule has 0 radical (unpaired) electrons. The monoisotopic (exact) mass is 487 g/mol.